The molecule has 5 nitrogen and oxygen atoms in total. The van der Waals surface area contributed by atoms with Crippen LogP contribution in [0.2, 0.25) is 0 Å². The maximum absolute atomic E-state index is 11.9. The van der Waals surface area contributed by atoms with Gasteiger partial charge < -0.3 is 0 Å². The van der Waals surface area contributed by atoms with Gasteiger partial charge in [0, 0.05) is 0 Å². The van der Waals surface area contributed by atoms with Crippen LogP contribution in [0.1, 0.15) is 0 Å². The molecule has 0 aromatic heterocycles. The van der Waals surface area contributed by atoms with Crippen LogP contribution >= 0.6 is 0 Å². The average Bonchev–Trinajstić information content (AvgIpc) is 1.95. The molecule has 0 atom stereocenters. The summed E-state index contributed by atoms with van der Waals surface area (Å²) >= 11 is 0. The summed E-state index contributed by atoms with van der Waals surface area (Å²) in [6.45, 7) is 0. The van der Waals surface area contributed by atoms with Crippen LogP contribution in [0, 0.1) is 0 Å². The standard InChI is InChI=1S/C3HF7O3S.F2O2S/c4-1(5,2(6,7)8)3(9,10)14(11,12)13;1-5(2,3)4/h(H,11,12,13);. The third kappa shape index (κ3) is 5.81. The minimum absolute atomic E-state index is 5.67. The first-order valence-electron chi connectivity index (χ1n) is 3.18. The van der Waals surface area contributed by atoms with Crippen molar-refractivity contribution in [2.75, 3.05) is 0 Å². The Labute approximate surface area is 98.8 Å². The molecule has 0 fully saturated rings. The second-order valence-corrected chi connectivity index (χ2v) is 4.66. The van der Waals surface area contributed by atoms with Gasteiger partial charge in [-0.05, 0) is 0 Å². The van der Waals surface area contributed by atoms with E-state index >= 15 is 0 Å². The highest BCUT2D eigenvalue weighted by atomic mass is 32.3. The van der Waals surface area contributed by atoms with Crippen LogP contribution in [-0.2, 0) is 20.7 Å². The number of hydrogen-bond acceptors (Lipinski definition) is 4. The average molecular weight is 352 g/mol. The van der Waals surface area contributed by atoms with Crippen LogP contribution in [0.25, 0.3) is 0 Å². The molecule has 0 amide bonds. The first-order valence-corrected chi connectivity index (χ1v) is 5.91. The van der Waals surface area contributed by atoms with Crippen molar-refractivity contribution >= 4 is 20.7 Å². The molecule has 0 bridgehead atoms. The second-order valence-electron chi connectivity index (χ2n) is 2.44. The van der Waals surface area contributed by atoms with E-state index in [9.17, 15) is 46.9 Å². The Hall–Kier alpha value is -0.770. The minimum Gasteiger partial charge on any atom is -0.281 e. The lowest BCUT2D eigenvalue weighted by Crippen LogP contribution is -2.55. The molecule has 1 N–H and O–H groups in total. The zero-order valence-corrected chi connectivity index (χ0v) is 9.43. The van der Waals surface area contributed by atoms with Crippen LogP contribution < -0.4 is 0 Å². The van der Waals surface area contributed by atoms with Gasteiger partial charge in [-0.2, -0.15) is 47.6 Å². The van der Waals surface area contributed by atoms with E-state index < -0.39 is 38.1 Å². The van der Waals surface area contributed by atoms with Gasteiger partial charge in [0.1, 0.15) is 0 Å². The highest BCUT2D eigenvalue weighted by molar-refractivity contribution is 7.87. The quantitative estimate of drug-likeness (QED) is 0.465. The fourth-order valence-electron chi connectivity index (χ4n) is 0.327. The highest BCUT2D eigenvalue weighted by Gasteiger charge is 2.78. The SMILES string of the molecule is O=S(=O)(F)F.O=S(=O)(O)C(F)(F)C(F)(F)C(F)(F)F. The highest BCUT2D eigenvalue weighted by Crippen LogP contribution is 2.48. The van der Waals surface area contributed by atoms with Crippen molar-refractivity contribution in [1.82, 2.24) is 0 Å². The van der Waals surface area contributed by atoms with E-state index in [4.69, 9.17) is 13.0 Å². The molecular weight excluding hydrogens is 351 g/mol. The molecule has 0 aromatic rings. The van der Waals surface area contributed by atoms with E-state index in [2.05, 4.69) is 0 Å². The molecule has 19 heavy (non-hydrogen) atoms. The largest absolute Gasteiger partial charge is 0.476 e. The van der Waals surface area contributed by atoms with Gasteiger partial charge in [-0.1, -0.05) is 7.77 Å². The molecule has 16 heteroatoms. The summed E-state index contributed by atoms with van der Waals surface area (Å²) in [5.41, 5.74) is 0. The van der Waals surface area contributed by atoms with Gasteiger partial charge in [0.05, 0.1) is 0 Å². The van der Waals surface area contributed by atoms with E-state index in [-0.39, 0.29) is 0 Å². The van der Waals surface area contributed by atoms with Crippen LogP contribution in [0.4, 0.5) is 38.5 Å². The summed E-state index contributed by atoms with van der Waals surface area (Å²) < 4.78 is 144. The van der Waals surface area contributed by atoms with Gasteiger partial charge in [0.25, 0.3) is 0 Å². The van der Waals surface area contributed by atoms with E-state index in [0.29, 0.717) is 0 Å². The van der Waals surface area contributed by atoms with Crippen molar-refractivity contribution in [3.63, 3.8) is 0 Å². The van der Waals surface area contributed by atoms with Crippen LogP contribution in [0.3, 0.4) is 0 Å². The summed E-state index contributed by atoms with van der Waals surface area (Å²) in [6, 6.07) is 0. The number of hydrogen-bond donors (Lipinski definition) is 1. The Balaban J connectivity index is 0. The molecule has 0 rings (SSSR count). The van der Waals surface area contributed by atoms with E-state index in [1.54, 1.807) is 0 Å². The summed E-state index contributed by atoms with van der Waals surface area (Å²) in [5.74, 6) is -6.85. The van der Waals surface area contributed by atoms with Crippen molar-refractivity contribution in [1.29, 1.82) is 0 Å². The molecular formula is C3HF9O5S2. The van der Waals surface area contributed by atoms with Gasteiger partial charge in [0.2, 0.25) is 0 Å². The molecule has 0 unspecified atom stereocenters. The predicted octanol–water partition coefficient (Wildman–Crippen LogP) is 1.83. The Morgan fingerprint density at radius 3 is 1.00 bits per heavy atom. The molecule has 0 aliphatic carbocycles. The normalized spacial score (nSPS) is 14.6. The lowest BCUT2D eigenvalue weighted by molar-refractivity contribution is -0.333. The van der Waals surface area contributed by atoms with Crippen molar-refractivity contribution in [2.45, 2.75) is 17.4 Å². The fourth-order valence-corrected chi connectivity index (χ4v) is 0.767. The number of rotatable bonds is 2. The Kier molecular flexibility index (Phi) is 5.74. The Bertz CT molecular complexity index is 492. The third-order valence-corrected chi connectivity index (χ3v) is 1.95. The molecule has 0 heterocycles. The predicted molar refractivity (Wildman–Crippen MR) is 38.6 cm³/mol. The smallest absolute Gasteiger partial charge is 0.281 e. The van der Waals surface area contributed by atoms with Gasteiger partial charge >= 0.3 is 38.1 Å². The van der Waals surface area contributed by atoms with Crippen molar-refractivity contribution in [2.24, 2.45) is 0 Å². The summed E-state index contributed by atoms with van der Waals surface area (Å²) in [6.07, 6.45) is -6.79. The van der Waals surface area contributed by atoms with E-state index in [1.165, 1.54) is 0 Å². The maximum atomic E-state index is 11.9. The summed E-state index contributed by atoms with van der Waals surface area (Å²) in [7, 11) is -12.5. The summed E-state index contributed by atoms with van der Waals surface area (Å²) in [4.78, 5) is 0. The van der Waals surface area contributed by atoms with E-state index in [0.717, 1.165) is 0 Å². The monoisotopic (exact) mass is 352 g/mol. The molecule has 0 radical (unpaired) electrons. The van der Waals surface area contributed by atoms with Gasteiger partial charge in [0.15, 0.2) is 0 Å². The first-order chi connectivity index (χ1) is 7.75. The van der Waals surface area contributed by atoms with Crippen LogP contribution in [-0.4, -0.2) is 38.7 Å². The molecule has 118 valence electrons. The summed E-state index contributed by atoms with van der Waals surface area (Å²) in [5, 5.41) is -6.61. The topological polar surface area (TPSA) is 88.5 Å². The molecule has 0 aromatic carbocycles. The van der Waals surface area contributed by atoms with Crippen LogP contribution in [0.5, 0.6) is 0 Å². The molecule has 0 aliphatic rings. The molecule has 0 saturated heterocycles. The van der Waals surface area contributed by atoms with Crippen molar-refractivity contribution in [3.05, 3.63) is 0 Å². The van der Waals surface area contributed by atoms with Crippen LogP contribution in [0.15, 0.2) is 0 Å². The molecule has 0 aliphatic heterocycles. The van der Waals surface area contributed by atoms with Gasteiger partial charge in [-0.15, -0.1) is 0 Å². The third-order valence-electron chi connectivity index (χ3n) is 1.05. The van der Waals surface area contributed by atoms with Gasteiger partial charge in [-0.3, -0.25) is 4.55 Å². The molecule has 0 spiro atoms. The second kappa shape index (κ2) is 5.31. The fraction of sp³-hybridized carbons (Fsp3) is 1.00. The lowest BCUT2D eigenvalue weighted by atomic mass is 10.3. The van der Waals surface area contributed by atoms with Gasteiger partial charge in [-0.25, -0.2) is 0 Å². The molecule has 0 saturated carbocycles. The van der Waals surface area contributed by atoms with E-state index in [1.807, 2.05) is 0 Å². The minimum atomic E-state index is -6.85. The zero-order chi connectivity index (χ0) is 16.5. The Morgan fingerprint density at radius 1 is 0.737 bits per heavy atom. The lowest BCUT2D eigenvalue weighted by Gasteiger charge is -2.25. The number of halogens is 9. The Morgan fingerprint density at radius 2 is 0.947 bits per heavy atom. The zero-order valence-electron chi connectivity index (χ0n) is 7.80. The van der Waals surface area contributed by atoms with Crippen molar-refractivity contribution in [3.8, 4) is 0 Å². The van der Waals surface area contributed by atoms with Crippen molar-refractivity contribution < 1.29 is 59.9 Å². The maximum Gasteiger partial charge on any atom is 0.476 e. The number of alkyl halides is 7. The first kappa shape index (κ1) is 20.5.